The Hall–Kier alpha value is -0.120. The van der Waals surface area contributed by atoms with Crippen molar-refractivity contribution in [3.8, 4) is 0 Å². The highest BCUT2D eigenvalue weighted by molar-refractivity contribution is 4.67. The predicted octanol–water partition coefficient (Wildman–Crippen LogP) is 9.71. The summed E-state index contributed by atoms with van der Waals surface area (Å²) in [6.45, 7) is 9.74. The van der Waals surface area contributed by atoms with Gasteiger partial charge in [-0.05, 0) is 19.8 Å². The molecular formula is C32H68NO2+. The molecule has 0 aliphatic rings. The maximum absolute atomic E-state index is 6.35. The van der Waals surface area contributed by atoms with E-state index >= 15 is 0 Å². The predicted molar refractivity (Wildman–Crippen MR) is 156 cm³/mol. The highest BCUT2D eigenvalue weighted by Crippen LogP contribution is 2.17. The number of unbranched alkanes of at least 4 members (excludes halogenated alkanes) is 17. The molecule has 0 spiro atoms. The Kier molecular flexibility index (Phi) is 25.4. The summed E-state index contributed by atoms with van der Waals surface area (Å²) in [6.07, 6.45) is 29.0. The van der Waals surface area contributed by atoms with E-state index in [9.17, 15) is 0 Å². The molecule has 0 aliphatic heterocycles. The lowest BCUT2D eigenvalue weighted by Crippen LogP contribution is -2.36. The standard InChI is InChI=1S/C32H68NO2/c1-7-9-11-13-14-15-16-17-18-19-20-21-23-25-29-34-31(3)32(27-24-22-12-10-8-2)35-30-26-28-33(4,5)6/h31-32H,7-30H2,1-6H3/q+1. The SMILES string of the molecule is CCCCCCCCCCCCCCCCOC(C)C(CCCCCCC)OCCC[N+](C)(C)C. The summed E-state index contributed by atoms with van der Waals surface area (Å²) >= 11 is 0. The first-order valence-electron chi connectivity index (χ1n) is 15.9. The molecule has 0 aromatic carbocycles. The van der Waals surface area contributed by atoms with Gasteiger partial charge < -0.3 is 14.0 Å². The van der Waals surface area contributed by atoms with Crippen molar-refractivity contribution >= 4 is 0 Å². The van der Waals surface area contributed by atoms with E-state index in [1.807, 2.05) is 0 Å². The fourth-order valence-corrected chi connectivity index (χ4v) is 4.85. The van der Waals surface area contributed by atoms with Crippen molar-refractivity contribution in [2.24, 2.45) is 0 Å². The molecule has 0 fully saturated rings. The fraction of sp³-hybridized carbons (Fsp3) is 1.00. The van der Waals surface area contributed by atoms with Gasteiger partial charge in [0, 0.05) is 13.0 Å². The van der Waals surface area contributed by atoms with E-state index in [2.05, 4.69) is 41.9 Å². The quantitative estimate of drug-likeness (QED) is 0.0789. The molecule has 2 unspecified atom stereocenters. The van der Waals surface area contributed by atoms with Gasteiger partial charge in [-0.3, -0.25) is 0 Å². The number of nitrogens with zero attached hydrogens (tertiary/aromatic N) is 1. The maximum Gasteiger partial charge on any atom is 0.0833 e. The molecule has 0 saturated carbocycles. The van der Waals surface area contributed by atoms with Gasteiger partial charge >= 0.3 is 0 Å². The molecule has 0 saturated heterocycles. The Balaban J connectivity index is 3.81. The van der Waals surface area contributed by atoms with Crippen molar-refractivity contribution in [2.75, 3.05) is 40.9 Å². The van der Waals surface area contributed by atoms with Crippen molar-refractivity contribution < 1.29 is 14.0 Å². The molecule has 0 heterocycles. The van der Waals surface area contributed by atoms with Crippen LogP contribution in [0.1, 0.15) is 156 Å². The lowest BCUT2D eigenvalue weighted by Gasteiger charge is -2.27. The van der Waals surface area contributed by atoms with Crippen LogP contribution in [0.3, 0.4) is 0 Å². The number of ether oxygens (including phenoxy) is 2. The van der Waals surface area contributed by atoms with Crippen LogP contribution >= 0.6 is 0 Å². The molecule has 0 aromatic heterocycles. The Bertz CT molecular complexity index is 407. The molecule has 3 nitrogen and oxygen atoms in total. The zero-order valence-electron chi connectivity index (χ0n) is 25.4. The lowest BCUT2D eigenvalue weighted by molar-refractivity contribution is -0.870. The van der Waals surface area contributed by atoms with Crippen LogP contribution in [0.2, 0.25) is 0 Å². The number of hydrogen-bond acceptors (Lipinski definition) is 2. The summed E-state index contributed by atoms with van der Waals surface area (Å²) in [6, 6.07) is 0. The molecule has 0 rings (SSSR count). The Labute approximate surface area is 222 Å². The summed E-state index contributed by atoms with van der Waals surface area (Å²) in [5, 5.41) is 0. The van der Waals surface area contributed by atoms with Gasteiger partial charge in [0.05, 0.1) is 46.5 Å². The third-order valence-electron chi connectivity index (χ3n) is 7.30. The first-order valence-corrected chi connectivity index (χ1v) is 15.9. The maximum atomic E-state index is 6.35. The second-order valence-electron chi connectivity index (χ2n) is 12.2. The minimum Gasteiger partial charge on any atom is -0.376 e. The number of quaternary nitrogens is 1. The molecule has 0 N–H and O–H groups in total. The largest absolute Gasteiger partial charge is 0.376 e. The summed E-state index contributed by atoms with van der Waals surface area (Å²) in [7, 11) is 6.77. The van der Waals surface area contributed by atoms with Crippen LogP contribution in [0.25, 0.3) is 0 Å². The highest BCUT2D eigenvalue weighted by Gasteiger charge is 2.19. The Morgan fingerprint density at radius 3 is 1.34 bits per heavy atom. The van der Waals surface area contributed by atoms with Crippen LogP contribution in [0.15, 0.2) is 0 Å². The van der Waals surface area contributed by atoms with Crippen molar-refractivity contribution in [2.45, 2.75) is 168 Å². The summed E-state index contributed by atoms with van der Waals surface area (Å²) in [5.41, 5.74) is 0. The number of hydrogen-bond donors (Lipinski definition) is 0. The fourth-order valence-electron chi connectivity index (χ4n) is 4.85. The minimum absolute atomic E-state index is 0.215. The van der Waals surface area contributed by atoms with E-state index in [1.165, 1.54) is 122 Å². The molecule has 212 valence electrons. The molecule has 0 radical (unpaired) electrons. The monoisotopic (exact) mass is 499 g/mol. The van der Waals surface area contributed by atoms with E-state index in [1.54, 1.807) is 0 Å². The van der Waals surface area contributed by atoms with Crippen molar-refractivity contribution in [1.82, 2.24) is 0 Å². The highest BCUT2D eigenvalue weighted by atomic mass is 16.5. The summed E-state index contributed by atoms with van der Waals surface area (Å²) in [4.78, 5) is 0. The summed E-state index contributed by atoms with van der Waals surface area (Å²) in [5.74, 6) is 0. The average Bonchev–Trinajstić information content (AvgIpc) is 2.82. The third kappa shape index (κ3) is 26.7. The van der Waals surface area contributed by atoms with Crippen LogP contribution in [0.5, 0.6) is 0 Å². The van der Waals surface area contributed by atoms with Crippen LogP contribution in [-0.4, -0.2) is 57.6 Å². The lowest BCUT2D eigenvalue weighted by atomic mass is 10.0. The van der Waals surface area contributed by atoms with Crippen LogP contribution in [0, 0.1) is 0 Å². The van der Waals surface area contributed by atoms with Gasteiger partial charge in [0.2, 0.25) is 0 Å². The number of rotatable bonds is 28. The van der Waals surface area contributed by atoms with Gasteiger partial charge in [0.1, 0.15) is 0 Å². The van der Waals surface area contributed by atoms with E-state index in [-0.39, 0.29) is 12.2 Å². The summed E-state index contributed by atoms with van der Waals surface area (Å²) < 4.78 is 13.6. The first-order chi connectivity index (χ1) is 16.9. The molecular weight excluding hydrogens is 430 g/mol. The van der Waals surface area contributed by atoms with Gasteiger partial charge in [-0.1, -0.05) is 129 Å². The molecule has 0 aromatic rings. The second kappa shape index (κ2) is 25.5. The van der Waals surface area contributed by atoms with Gasteiger partial charge in [-0.25, -0.2) is 0 Å². The van der Waals surface area contributed by atoms with Crippen molar-refractivity contribution in [3.05, 3.63) is 0 Å². The normalized spacial score (nSPS) is 13.9. The molecule has 2 atom stereocenters. The molecule has 35 heavy (non-hydrogen) atoms. The first kappa shape index (κ1) is 34.9. The molecule has 0 aliphatic carbocycles. The van der Waals surface area contributed by atoms with Crippen molar-refractivity contribution in [3.63, 3.8) is 0 Å². The van der Waals surface area contributed by atoms with E-state index in [4.69, 9.17) is 9.47 Å². The third-order valence-corrected chi connectivity index (χ3v) is 7.30. The average molecular weight is 499 g/mol. The Morgan fingerprint density at radius 2 is 0.886 bits per heavy atom. The van der Waals surface area contributed by atoms with E-state index in [0.717, 1.165) is 37.1 Å². The van der Waals surface area contributed by atoms with Gasteiger partial charge in [-0.15, -0.1) is 0 Å². The molecule has 3 heteroatoms. The van der Waals surface area contributed by atoms with Crippen LogP contribution < -0.4 is 0 Å². The van der Waals surface area contributed by atoms with E-state index in [0.29, 0.717) is 0 Å². The van der Waals surface area contributed by atoms with E-state index < -0.39 is 0 Å². The molecule has 0 bridgehead atoms. The second-order valence-corrected chi connectivity index (χ2v) is 12.2. The Morgan fingerprint density at radius 1 is 0.486 bits per heavy atom. The van der Waals surface area contributed by atoms with Gasteiger partial charge in [0.15, 0.2) is 0 Å². The van der Waals surface area contributed by atoms with Crippen molar-refractivity contribution in [1.29, 1.82) is 0 Å². The van der Waals surface area contributed by atoms with Crippen LogP contribution in [-0.2, 0) is 9.47 Å². The smallest absolute Gasteiger partial charge is 0.0833 e. The minimum atomic E-state index is 0.215. The van der Waals surface area contributed by atoms with Gasteiger partial charge in [-0.2, -0.15) is 0 Å². The van der Waals surface area contributed by atoms with Crippen LogP contribution in [0.4, 0.5) is 0 Å². The zero-order valence-corrected chi connectivity index (χ0v) is 25.4. The van der Waals surface area contributed by atoms with Gasteiger partial charge in [0.25, 0.3) is 0 Å². The molecule has 0 amide bonds. The topological polar surface area (TPSA) is 18.5 Å². The zero-order chi connectivity index (χ0) is 26.0.